The number of esters is 1. The van der Waals surface area contributed by atoms with E-state index in [0.29, 0.717) is 10.6 Å². The van der Waals surface area contributed by atoms with E-state index in [-0.39, 0.29) is 29.5 Å². The first-order valence-corrected chi connectivity index (χ1v) is 9.37. The summed E-state index contributed by atoms with van der Waals surface area (Å²) in [5.41, 5.74) is 1.13. The van der Waals surface area contributed by atoms with Crippen LogP contribution in [0.5, 0.6) is 0 Å². The lowest BCUT2D eigenvalue weighted by Crippen LogP contribution is -2.26. The van der Waals surface area contributed by atoms with Crippen molar-refractivity contribution in [2.75, 3.05) is 11.9 Å². The molecular weight excluding hydrogens is 380 g/mol. The Morgan fingerprint density at radius 3 is 2.64 bits per heavy atom. The molecule has 0 saturated carbocycles. The quantitative estimate of drug-likeness (QED) is 0.640. The maximum Gasteiger partial charge on any atom is 0.350 e. The molecule has 0 bridgehead atoms. The van der Waals surface area contributed by atoms with E-state index in [0.717, 1.165) is 16.9 Å². The summed E-state index contributed by atoms with van der Waals surface area (Å²) in [6.07, 6.45) is 0. The van der Waals surface area contributed by atoms with E-state index in [4.69, 9.17) is 4.74 Å². The molecule has 0 radical (unpaired) electrons. The van der Waals surface area contributed by atoms with Crippen LogP contribution in [0.4, 0.5) is 5.13 Å². The molecule has 0 saturated heterocycles. The summed E-state index contributed by atoms with van der Waals surface area (Å²) in [7, 11) is 0. The molecular formula is C19H18N4O4S. The van der Waals surface area contributed by atoms with Gasteiger partial charge in [0.15, 0.2) is 5.13 Å². The topological polar surface area (TPSA) is 103 Å². The number of carbonyl (C=O) groups excluding carboxylic acids is 2. The van der Waals surface area contributed by atoms with E-state index in [1.54, 1.807) is 13.8 Å². The van der Waals surface area contributed by atoms with Gasteiger partial charge in [-0.1, -0.05) is 41.7 Å². The fourth-order valence-electron chi connectivity index (χ4n) is 2.44. The number of aryl methyl sites for hydroxylation is 1. The molecule has 0 spiro atoms. The first-order chi connectivity index (χ1) is 13.5. The zero-order valence-electron chi connectivity index (χ0n) is 15.3. The van der Waals surface area contributed by atoms with Gasteiger partial charge >= 0.3 is 5.97 Å². The van der Waals surface area contributed by atoms with Crippen LogP contribution in [0.25, 0.3) is 0 Å². The Labute approximate surface area is 164 Å². The van der Waals surface area contributed by atoms with Gasteiger partial charge in [-0.3, -0.25) is 14.9 Å². The summed E-state index contributed by atoms with van der Waals surface area (Å²) in [4.78, 5) is 40.9. The van der Waals surface area contributed by atoms with E-state index < -0.39 is 11.9 Å². The third-order valence-corrected chi connectivity index (χ3v) is 4.81. The molecule has 28 heavy (non-hydrogen) atoms. The number of anilines is 1. The summed E-state index contributed by atoms with van der Waals surface area (Å²) in [5, 5.41) is 7.00. The SMILES string of the molecule is CCOC(=O)c1sc(NC(=O)c2ccc(=O)n(Cc3ccccc3)n2)nc1C. The number of nitrogens with one attached hydrogen (secondary N) is 1. The highest BCUT2D eigenvalue weighted by Gasteiger charge is 2.18. The first kappa shape index (κ1) is 19.4. The number of carbonyl (C=O) groups is 2. The minimum atomic E-state index is -0.522. The first-order valence-electron chi connectivity index (χ1n) is 8.56. The monoisotopic (exact) mass is 398 g/mol. The lowest BCUT2D eigenvalue weighted by molar-refractivity contribution is 0.0531. The van der Waals surface area contributed by atoms with Crippen LogP contribution in [0, 0.1) is 6.92 Å². The minimum absolute atomic E-state index is 0.0704. The fraction of sp³-hybridized carbons (Fsp3) is 0.211. The molecule has 1 amide bonds. The average Bonchev–Trinajstić information content (AvgIpc) is 3.04. The predicted molar refractivity (Wildman–Crippen MR) is 105 cm³/mol. The Balaban J connectivity index is 1.78. The number of thiazole rings is 1. The van der Waals surface area contributed by atoms with E-state index in [1.807, 2.05) is 30.3 Å². The Hall–Kier alpha value is -3.33. The summed E-state index contributed by atoms with van der Waals surface area (Å²) in [6, 6.07) is 12.0. The van der Waals surface area contributed by atoms with Gasteiger partial charge in [-0.05, 0) is 25.5 Å². The third-order valence-electron chi connectivity index (χ3n) is 3.75. The van der Waals surface area contributed by atoms with Crippen molar-refractivity contribution in [3.63, 3.8) is 0 Å². The van der Waals surface area contributed by atoms with Crippen LogP contribution in [0.2, 0.25) is 0 Å². The van der Waals surface area contributed by atoms with Crippen molar-refractivity contribution in [1.82, 2.24) is 14.8 Å². The maximum atomic E-state index is 12.5. The van der Waals surface area contributed by atoms with Gasteiger partial charge in [-0.15, -0.1) is 0 Å². The Kier molecular flexibility index (Phi) is 5.95. The molecule has 1 aromatic carbocycles. The van der Waals surface area contributed by atoms with Crippen molar-refractivity contribution in [3.8, 4) is 0 Å². The number of aromatic nitrogens is 3. The third kappa shape index (κ3) is 4.49. The number of rotatable bonds is 6. The molecule has 0 atom stereocenters. The number of nitrogens with zero attached hydrogens (tertiary/aromatic N) is 3. The highest BCUT2D eigenvalue weighted by atomic mass is 32.1. The highest BCUT2D eigenvalue weighted by Crippen LogP contribution is 2.23. The molecule has 8 nitrogen and oxygen atoms in total. The standard InChI is InChI=1S/C19H18N4O4S/c1-3-27-18(26)16-12(2)20-19(28-16)21-17(25)14-9-10-15(24)23(22-14)11-13-7-5-4-6-8-13/h4-10H,3,11H2,1-2H3,(H,20,21,25). The predicted octanol–water partition coefficient (Wildman–Crippen LogP) is 2.49. The number of hydrogen-bond donors (Lipinski definition) is 1. The molecule has 3 aromatic rings. The molecule has 0 unspecified atom stereocenters. The van der Waals surface area contributed by atoms with Crippen molar-refractivity contribution < 1.29 is 14.3 Å². The molecule has 0 aliphatic carbocycles. The minimum Gasteiger partial charge on any atom is -0.462 e. The largest absolute Gasteiger partial charge is 0.462 e. The Morgan fingerprint density at radius 1 is 1.18 bits per heavy atom. The van der Waals surface area contributed by atoms with Gasteiger partial charge in [-0.2, -0.15) is 5.10 Å². The summed E-state index contributed by atoms with van der Waals surface area (Å²) in [6.45, 7) is 3.89. The van der Waals surface area contributed by atoms with Crippen LogP contribution in [0.3, 0.4) is 0 Å². The van der Waals surface area contributed by atoms with Crippen LogP contribution in [-0.4, -0.2) is 33.2 Å². The van der Waals surface area contributed by atoms with Gasteiger partial charge < -0.3 is 4.74 Å². The van der Waals surface area contributed by atoms with Crippen LogP contribution in [0.15, 0.2) is 47.3 Å². The van der Waals surface area contributed by atoms with Crippen LogP contribution < -0.4 is 10.9 Å². The molecule has 2 aromatic heterocycles. The fourth-order valence-corrected chi connectivity index (χ4v) is 3.29. The molecule has 0 fully saturated rings. The smallest absolute Gasteiger partial charge is 0.350 e. The molecule has 144 valence electrons. The second-order valence-electron chi connectivity index (χ2n) is 5.81. The number of amides is 1. The Morgan fingerprint density at radius 2 is 1.93 bits per heavy atom. The maximum absolute atomic E-state index is 12.5. The molecule has 2 heterocycles. The van der Waals surface area contributed by atoms with E-state index in [2.05, 4.69) is 15.4 Å². The van der Waals surface area contributed by atoms with Gasteiger partial charge in [0, 0.05) is 6.07 Å². The van der Waals surface area contributed by atoms with Crippen molar-refractivity contribution >= 4 is 28.3 Å². The van der Waals surface area contributed by atoms with Gasteiger partial charge in [0.25, 0.3) is 11.5 Å². The lowest BCUT2D eigenvalue weighted by atomic mass is 10.2. The Bertz CT molecular complexity index is 1060. The summed E-state index contributed by atoms with van der Waals surface area (Å²) >= 11 is 1.03. The van der Waals surface area contributed by atoms with Gasteiger partial charge in [0.2, 0.25) is 0 Å². The van der Waals surface area contributed by atoms with Gasteiger partial charge in [-0.25, -0.2) is 14.5 Å². The second kappa shape index (κ2) is 8.57. The van der Waals surface area contributed by atoms with Crippen LogP contribution in [-0.2, 0) is 11.3 Å². The normalized spacial score (nSPS) is 10.5. The van der Waals surface area contributed by atoms with Gasteiger partial charge in [0.05, 0.1) is 18.8 Å². The van der Waals surface area contributed by atoms with Crippen LogP contribution >= 0.6 is 11.3 Å². The zero-order chi connectivity index (χ0) is 20.1. The molecule has 1 N–H and O–H groups in total. The average molecular weight is 398 g/mol. The summed E-state index contributed by atoms with van der Waals surface area (Å²) in [5.74, 6) is -1.00. The molecule has 9 heteroatoms. The lowest BCUT2D eigenvalue weighted by Gasteiger charge is -2.07. The molecule has 3 rings (SSSR count). The van der Waals surface area contributed by atoms with E-state index in [9.17, 15) is 14.4 Å². The van der Waals surface area contributed by atoms with E-state index in [1.165, 1.54) is 16.8 Å². The van der Waals surface area contributed by atoms with Crippen molar-refractivity contribution in [3.05, 3.63) is 74.6 Å². The van der Waals surface area contributed by atoms with Crippen LogP contribution in [0.1, 0.15) is 38.3 Å². The zero-order valence-corrected chi connectivity index (χ0v) is 16.2. The van der Waals surface area contributed by atoms with Crippen molar-refractivity contribution in [1.29, 1.82) is 0 Å². The molecule has 0 aliphatic rings. The van der Waals surface area contributed by atoms with Crippen molar-refractivity contribution in [2.45, 2.75) is 20.4 Å². The molecule has 0 aliphatic heterocycles. The number of hydrogen-bond acceptors (Lipinski definition) is 7. The second-order valence-corrected chi connectivity index (χ2v) is 6.81. The highest BCUT2D eigenvalue weighted by molar-refractivity contribution is 7.17. The number of ether oxygens (including phenoxy) is 1. The van der Waals surface area contributed by atoms with Gasteiger partial charge in [0.1, 0.15) is 10.6 Å². The number of benzene rings is 1. The van der Waals surface area contributed by atoms with E-state index >= 15 is 0 Å². The summed E-state index contributed by atoms with van der Waals surface area (Å²) < 4.78 is 6.19. The van der Waals surface area contributed by atoms with Crippen molar-refractivity contribution in [2.24, 2.45) is 0 Å².